The van der Waals surface area contributed by atoms with E-state index in [0.717, 1.165) is 30.4 Å². The molecule has 1 aliphatic carbocycles. The molecule has 0 radical (unpaired) electrons. The van der Waals surface area contributed by atoms with Crippen molar-refractivity contribution in [1.82, 2.24) is 0 Å². The third kappa shape index (κ3) is 3.16. The highest BCUT2D eigenvalue weighted by atomic mass is 35.5. The van der Waals surface area contributed by atoms with Crippen LogP contribution in [0.4, 0.5) is 4.39 Å². The Morgan fingerprint density at radius 2 is 2.00 bits per heavy atom. The quantitative estimate of drug-likeness (QED) is 0.775. The maximum absolute atomic E-state index is 13.3. The molecule has 1 aromatic carbocycles. The molecule has 90 valence electrons. The van der Waals surface area contributed by atoms with Gasteiger partial charge in [0.25, 0.3) is 0 Å². The largest absolute Gasteiger partial charge is 0.295 e. The van der Waals surface area contributed by atoms with Gasteiger partial charge in [-0.05, 0) is 43.4 Å². The minimum absolute atomic E-state index is 0.171. The maximum atomic E-state index is 13.3. The number of rotatable bonds is 2. The number of benzene rings is 1. The van der Waals surface area contributed by atoms with Gasteiger partial charge in [0.15, 0.2) is 5.78 Å². The molecule has 0 atom stereocenters. The van der Waals surface area contributed by atoms with Crippen LogP contribution in [-0.4, -0.2) is 5.78 Å². The molecule has 0 bridgehead atoms. The number of ketones is 1. The van der Waals surface area contributed by atoms with Crippen LogP contribution in [0.25, 0.3) is 0 Å². The first-order valence-electron chi connectivity index (χ1n) is 5.82. The summed E-state index contributed by atoms with van der Waals surface area (Å²) in [6, 6.07) is 4.80. The van der Waals surface area contributed by atoms with Gasteiger partial charge >= 0.3 is 0 Å². The van der Waals surface area contributed by atoms with Crippen molar-refractivity contribution in [2.75, 3.05) is 0 Å². The lowest BCUT2D eigenvalue weighted by Gasteiger charge is -2.07. The van der Waals surface area contributed by atoms with Crippen LogP contribution in [0.1, 0.15) is 31.2 Å². The van der Waals surface area contributed by atoms with Gasteiger partial charge in [-0.1, -0.05) is 29.3 Å². The first kappa shape index (κ1) is 12.3. The van der Waals surface area contributed by atoms with Crippen molar-refractivity contribution in [2.24, 2.45) is 0 Å². The summed E-state index contributed by atoms with van der Waals surface area (Å²) in [7, 11) is 0. The molecule has 0 amide bonds. The Bertz CT molecular complexity index is 465. The number of halogens is 2. The number of hydrogen-bond donors (Lipinski definition) is 0. The van der Waals surface area contributed by atoms with Gasteiger partial charge in [-0.3, -0.25) is 4.79 Å². The van der Waals surface area contributed by atoms with Crippen molar-refractivity contribution in [1.29, 1.82) is 0 Å². The molecule has 2 rings (SSSR count). The third-order valence-corrected chi connectivity index (χ3v) is 3.41. The average molecular weight is 253 g/mol. The predicted octanol–water partition coefficient (Wildman–Crippen LogP) is 4.09. The summed E-state index contributed by atoms with van der Waals surface area (Å²) >= 11 is 5.90. The molecule has 1 nitrogen and oxygen atoms in total. The van der Waals surface area contributed by atoms with Gasteiger partial charge in [-0.25, -0.2) is 4.39 Å². The lowest BCUT2D eigenvalue weighted by molar-refractivity contribution is -0.114. The molecular weight excluding hydrogens is 239 g/mol. The van der Waals surface area contributed by atoms with Gasteiger partial charge in [0.1, 0.15) is 5.82 Å². The van der Waals surface area contributed by atoms with E-state index >= 15 is 0 Å². The van der Waals surface area contributed by atoms with E-state index in [4.69, 9.17) is 11.6 Å². The smallest absolute Gasteiger partial charge is 0.155 e. The molecule has 3 heteroatoms. The van der Waals surface area contributed by atoms with Gasteiger partial charge in [0.05, 0.1) is 5.02 Å². The van der Waals surface area contributed by atoms with E-state index in [1.54, 1.807) is 12.1 Å². The van der Waals surface area contributed by atoms with Gasteiger partial charge < -0.3 is 0 Å². The zero-order valence-electron chi connectivity index (χ0n) is 9.51. The van der Waals surface area contributed by atoms with Crippen molar-refractivity contribution in [3.8, 4) is 0 Å². The Balaban J connectivity index is 2.20. The van der Waals surface area contributed by atoms with Crippen LogP contribution >= 0.6 is 11.6 Å². The van der Waals surface area contributed by atoms with E-state index in [-0.39, 0.29) is 10.8 Å². The monoisotopic (exact) mass is 252 g/mol. The Kier molecular flexibility index (Phi) is 3.95. The van der Waals surface area contributed by atoms with Gasteiger partial charge in [0.2, 0.25) is 0 Å². The second-order valence-electron chi connectivity index (χ2n) is 4.37. The van der Waals surface area contributed by atoms with E-state index in [1.165, 1.54) is 6.07 Å². The van der Waals surface area contributed by atoms with Gasteiger partial charge in [-0.15, -0.1) is 0 Å². The first-order chi connectivity index (χ1) is 8.16. The SMILES string of the molecule is O=C1C=C(Cc2cccc(F)c2Cl)CCCC1. The van der Waals surface area contributed by atoms with Gasteiger partial charge in [-0.2, -0.15) is 0 Å². The fourth-order valence-electron chi connectivity index (χ4n) is 2.09. The number of carbonyl (C=O) groups is 1. The lowest BCUT2D eigenvalue weighted by atomic mass is 10.0. The molecule has 0 heterocycles. The van der Waals surface area contributed by atoms with Crippen molar-refractivity contribution >= 4 is 17.4 Å². The first-order valence-corrected chi connectivity index (χ1v) is 6.20. The molecule has 1 aromatic rings. The second kappa shape index (κ2) is 5.46. The number of allylic oxidation sites excluding steroid dienone is 2. The topological polar surface area (TPSA) is 17.1 Å². The fraction of sp³-hybridized carbons (Fsp3) is 0.357. The Morgan fingerprint density at radius 1 is 1.24 bits per heavy atom. The predicted molar refractivity (Wildman–Crippen MR) is 66.7 cm³/mol. The summed E-state index contributed by atoms with van der Waals surface area (Å²) in [4.78, 5) is 11.5. The molecule has 0 aromatic heterocycles. The molecule has 17 heavy (non-hydrogen) atoms. The van der Waals surface area contributed by atoms with Crippen LogP contribution in [0.2, 0.25) is 5.02 Å². The van der Waals surface area contributed by atoms with Crippen LogP contribution in [0.15, 0.2) is 29.8 Å². The average Bonchev–Trinajstić information content (AvgIpc) is 2.49. The highest BCUT2D eigenvalue weighted by Gasteiger charge is 2.12. The zero-order valence-corrected chi connectivity index (χ0v) is 10.3. The highest BCUT2D eigenvalue weighted by Crippen LogP contribution is 2.25. The normalized spacial score (nSPS) is 16.6. The fourth-order valence-corrected chi connectivity index (χ4v) is 2.29. The number of carbonyl (C=O) groups excluding carboxylic acids is 1. The minimum atomic E-state index is -0.398. The van der Waals surface area contributed by atoms with Crippen molar-refractivity contribution < 1.29 is 9.18 Å². The minimum Gasteiger partial charge on any atom is -0.295 e. The van der Waals surface area contributed by atoms with Gasteiger partial charge in [0, 0.05) is 6.42 Å². The molecule has 0 fully saturated rings. The molecule has 0 saturated carbocycles. The summed E-state index contributed by atoms with van der Waals surface area (Å²) in [5.41, 5.74) is 1.81. The van der Waals surface area contributed by atoms with Crippen molar-refractivity contribution in [3.63, 3.8) is 0 Å². The van der Waals surface area contributed by atoms with E-state index in [0.29, 0.717) is 12.8 Å². The summed E-state index contributed by atoms with van der Waals surface area (Å²) in [6.07, 6.45) is 5.76. The molecule has 0 aliphatic heterocycles. The van der Waals surface area contributed by atoms with E-state index in [2.05, 4.69) is 0 Å². The molecule has 0 spiro atoms. The summed E-state index contributed by atoms with van der Waals surface area (Å²) in [5.74, 6) is -0.227. The van der Waals surface area contributed by atoms with E-state index in [1.807, 2.05) is 6.07 Å². The second-order valence-corrected chi connectivity index (χ2v) is 4.74. The molecule has 0 N–H and O–H groups in total. The third-order valence-electron chi connectivity index (χ3n) is 2.99. The van der Waals surface area contributed by atoms with E-state index < -0.39 is 5.82 Å². The van der Waals surface area contributed by atoms with Crippen LogP contribution in [0.3, 0.4) is 0 Å². The maximum Gasteiger partial charge on any atom is 0.155 e. The summed E-state index contributed by atoms with van der Waals surface area (Å²) < 4.78 is 13.3. The number of hydrogen-bond acceptors (Lipinski definition) is 1. The summed E-state index contributed by atoms with van der Waals surface area (Å²) in [5, 5.41) is 0.171. The molecule has 1 aliphatic rings. The standard InChI is InChI=1S/C14H14ClFO/c15-14-11(5-3-7-13(14)16)8-10-4-1-2-6-12(17)9-10/h3,5,7,9H,1-2,4,6,8H2. The Morgan fingerprint density at radius 3 is 2.82 bits per heavy atom. The van der Waals surface area contributed by atoms with Crippen LogP contribution < -0.4 is 0 Å². The zero-order chi connectivity index (χ0) is 12.3. The van der Waals surface area contributed by atoms with Crippen LogP contribution in [-0.2, 0) is 11.2 Å². The van der Waals surface area contributed by atoms with E-state index in [9.17, 15) is 9.18 Å². The highest BCUT2D eigenvalue weighted by molar-refractivity contribution is 6.31. The van der Waals surface area contributed by atoms with Crippen molar-refractivity contribution in [3.05, 3.63) is 46.3 Å². The Hall–Kier alpha value is -1.15. The van der Waals surface area contributed by atoms with Crippen molar-refractivity contribution in [2.45, 2.75) is 32.1 Å². The Labute approximate surface area is 105 Å². The van der Waals surface area contributed by atoms with Crippen LogP contribution in [0, 0.1) is 5.82 Å². The molecular formula is C14H14ClFO. The summed E-state index contributed by atoms with van der Waals surface area (Å²) in [6.45, 7) is 0. The molecule has 0 unspecified atom stereocenters. The lowest BCUT2D eigenvalue weighted by Crippen LogP contribution is -1.95. The van der Waals surface area contributed by atoms with Crippen LogP contribution in [0.5, 0.6) is 0 Å². The molecule has 0 saturated heterocycles.